The van der Waals surface area contributed by atoms with Gasteiger partial charge in [0.2, 0.25) is 10.0 Å². The smallest absolute Gasteiger partial charge is 0.243 e. The minimum absolute atomic E-state index is 0.283. The molecular formula is C9H18N4O2S. The quantitative estimate of drug-likeness (QED) is 0.743. The Morgan fingerprint density at radius 1 is 1.31 bits per heavy atom. The first-order chi connectivity index (χ1) is 7.44. The van der Waals surface area contributed by atoms with Gasteiger partial charge in [-0.3, -0.25) is 4.68 Å². The number of aromatic nitrogens is 2. The van der Waals surface area contributed by atoms with Crippen LogP contribution in [0.5, 0.6) is 0 Å². The van der Waals surface area contributed by atoms with E-state index in [2.05, 4.69) is 15.1 Å². The summed E-state index contributed by atoms with van der Waals surface area (Å²) in [5.74, 6) is 0. The fourth-order valence-electron chi connectivity index (χ4n) is 1.61. The number of hydrogen-bond acceptors (Lipinski definition) is 4. The number of aryl methyl sites for hydroxylation is 1. The van der Waals surface area contributed by atoms with Crippen LogP contribution < -0.4 is 10.0 Å². The van der Waals surface area contributed by atoms with E-state index in [-0.39, 0.29) is 4.90 Å². The molecule has 0 fully saturated rings. The van der Waals surface area contributed by atoms with Gasteiger partial charge in [-0.15, -0.1) is 0 Å². The van der Waals surface area contributed by atoms with Gasteiger partial charge in [0.15, 0.2) is 0 Å². The van der Waals surface area contributed by atoms with E-state index in [1.54, 1.807) is 18.5 Å². The maximum atomic E-state index is 11.7. The summed E-state index contributed by atoms with van der Waals surface area (Å²) < 4.78 is 27.5. The third-order valence-corrected chi connectivity index (χ3v) is 4.09. The summed E-state index contributed by atoms with van der Waals surface area (Å²) in [5, 5.41) is 7.22. The van der Waals surface area contributed by atoms with E-state index in [0.29, 0.717) is 17.9 Å². The van der Waals surface area contributed by atoms with Crippen LogP contribution in [0.15, 0.2) is 4.90 Å². The molecule has 1 aromatic rings. The van der Waals surface area contributed by atoms with Crippen LogP contribution in [-0.2, 0) is 16.6 Å². The zero-order chi connectivity index (χ0) is 12.3. The Morgan fingerprint density at radius 3 is 2.44 bits per heavy atom. The normalized spacial score (nSPS) is 12.0. The van der Waals surface area contributed by atoms with E-state index in [9.17, 15) is 8.42 Å². The van der Waals surface area contributed by atoms with Gasteiger partial charge in [0.05, 0.1) is 17.9 Å². The van der Waals surface area contributed by atoms with Crippen molar-refractivity contribution in [3.63, 3.8) is 0 Å². The lowest BCUT2D eigenvalue weighted by Gasteiger charge is -2.05. The van der Waals surface area contributed by atoms with Gasteiger partial charge in [-0.1, -0.05) is 0 Å². The van der Waals surface area contributed by atoms with Crippen molar-refractivity contribution in [1.82, 2.24) is 19.8 Å². The van der Waals surface area contributed by atoms with Crippen molar-refractivity contribution in [2.45, 2.75) is 25.3 Å². The van der Waals surface area contributed by atoms with Crippen LogP contribution in [0, 0.1) is 13.8 Å². The van der Waals surface area contributed by atoms with Gasteiger partial charge in [0, 0.05) is 6.54 Å². The van der Waals surface area contributed by atoms with Crippen LogP contribution in [0.25, 0.3) is 0 Å². The Labute approximate surface area is 96.1 Å². The second-order valence-corrected chi connectivity index (χ2v) is 5.36. The fraction of sp³-hybridized carbons (Fsp3) is 0.667. The molecule has 0 bridgehead atoms. The molecule has 0 saturated heterocycles. The molecule has 16 heavy (non-hydrogen) atoms. The average Bonchev–Trinajstić information content (AvgIpc) is 2.51. The summed E-state index contributed by atoms with van der Waals surface area (Å²) in [5.41, 5.74) is 1.20. The molecule has 1 rings (SSSR count). The van der Waals surface area contributed by atoms with Crippen molar-refractivity contribution in [2.75, 3.05) is 20.6 Å². The van der Waals surface area contributed by atoms with E-state index >= 15 is 0 Å². The predicted molar refractivity (Wildman–Crippen MR) is 61.9 cm³/mol. The third-order valence-electron chi connectivity index (χ3n) is 2.43. The number of sulfonamides is 1. The molecule has 6 nitrogen and oxygen atoms in total. The highest BCUT2D eigenvalue weighted by Crippen LogP contribution is 2.18. The maximum Gasteiger partial charge on any atom is 0.243 e. The fourth-order valence-corrected chi connectivity index (χ4v) is 2.74. The number of nitrogens with one attached hydrogen (secondary N) is 2. The Kier molecular flexibility index (Phi) is 4.06. The van der Waals surface area contributed by atoms with E-state index in [4.69, 9.17) is 0 Å². The van der Waals surface area contributed by atoms with E-state index in [1.165, 1.54) is 7.05 Å². The highest BCUT2D eigenvalue weighted by Gasteiger charge is 2.22. The second kappa shape index (κ2) is 4.94. The number of nitrogens with zero attached hydrogens (tertiary/aromatic N) is 2. The van der Waals surface area contributed by atoms with Gasteiger partial charge < -0.3 is 5.32 Å². The van der Waals surface area contributed by atoms with Crippen LogP contribution >= 0.6 is 0 Å². The average molecular weight is 246 g/mol. The molecule has 0 saturated carbocycles. The summed E-state index contributed by atoms with van der Waals surface area (Å²) in [7, 11) is -0.171. The molecule has 0 aliphatic carbocycles. The summed E-state index contributed by atoms with van der Waals surface area (Å²) >= 11 is 0. The molecule has 2 N–H and O–H groups in total. The lowest BCUT2D eigenvalue weighted by atomic mass is 10.4. The van der Waals surface area contributed by atoms with Gasteiger partial charge >= 0.3 is 0 Å². The summed E-state index contributed by atoms with van der Waals surface area (Å²) in [4.78, 5) is 0.283. The molecule has 0 aliphatic heterocycles. The maximum absolute atomic E-state index is 11.7. The van der Waals surface area contributed by atoms with Crippen LogP contribution in [0.2, 0.25) is 0 Å². The summed E-state index contributed by atoms with van der Waals surface area (Å²) in [6.07, 6.45) is 0. The molecule has 0 aromatic carbocycles. The van der Waals surface area contributed by atoms with Crippen molar-refractivity contribution >= 4 is 10.0 Å². The van der Waals surface area contributed by atoms with Crippen molar-refractivity contribution in [3.05, 3.63) is 11.4 Å². The van der Waals surface area contributed by atoms with Gasteiger partial charge in [-0.2, -0.15) is 5.10 Å². The molecule has 0 amide bonds. The standard InChI is InChI=1S/C9H18N4O2S/c1-7-9(16(14,15)11-4)8(2)13(12-7)6-5-10-3/h10-11H,5-6H2,1-4H3. The zero-order valence-corrected chi connectivity index (χ0v) is 10.8. The molecule has 1 aromatic heterocycles. The lowest BCUT2D eigenvalue weighted by molar-refractivity contribution is 0.565. The van der Waals surface area contributed by atoms with E-state index < -0.39 is 10.0 Å². The highest BCUT2D eigenvalue weighted by atomic mass is 32.2. The van der Waals surface area contributed by atoms with Gasteiger partial charge in [0.1, 0.15) is 4.90 Å². The predicted octanol–water partition coefficient (Wildman–Crippen LogP) is -0.373. The zero-order valence-electron chi connectivity index (χ0n) is 10.0. The van der Waals surface area contributed by atoms with Gasteiger partial charge in [-0.05, 0) is 27.9 Å². The molecule has 0 spiro atoms. The first-order valence-electron chi connectivity index (χ1n) is 5.06. The topological polar surface area (TPSA) is 76.0 Å². The minimum Gasteiger partial charge on any atom is -0.318 e. The van der Waals surface area contributed by atoms with Crippen molar-refractivity contribution in [1.29, 1.82) is 0 Å². The lowest BCUT2D eigenvalue weighted by Crippen LogP contribution is -2.20. The van der Waals surface area contributed by atoms with E-state index in [0.717, 1.165) is 6.54 Å². The van der Waals surface area contributed by atoms with Gasteiger partial charge in [0.25, 0.3) is 0 Å². The molecule has 1 heterocycles. The Balaban J connectivity index is 3.17. The van der Waals surface area contributed by atoms with Crippen LogP contribution in [0.1, 0.15) is 11.4 Å². The second-order valence-electron chi connectivity index (χ2n) is 3.53. The highest BCUT2D eigenvalue weighted by molar-refractivity contribution is 7.89. The summed E-state index contributed by atoms with van der Waals surface area (Å²) in [6, 6.07) is 0. The Bertz CT molecular complexity index is 464. The van der Waals surface area contributed by atoms with Crippen LogP contribution in [-0.4, -0.2) is 38.8 Å². The Hall–Kier alpha value is -0.920. The summed E-state index contributed by atoms with van der Waals surface area (Å²) in [6.45, 7) is 4.87. The molecule has 0 radical (unpaired) electrons. The van der Waals surface area contributed by atoms with Gasteiger partial charge in [-0.25, -0.2) is 13.1 Å². The monoisotopic (exact) mass is 246 g/mol. The number of hydrogen-bond donors (Lipinski definition) is 2. The number of rotatable bonds is 5. The van der Waals surface area contributed by atoms with Crippen molar-refractivity contribution < 1.29 is 8.42 Å². The molecule has 92 valence electrons. The first-order valence-corrected chi connectivity index (χ1v) is 6.54. The Morgan fingerprint density at radius 2 is 1.94 bits per heavy atom. The SMILES string of the molecule is CNCCn1nc(C)c(S(=O)(=O)NC)c1C. The molecule has 0 unspecified atom stereocenters. The largest absolute Gasteiger partial charge is 0.318 e. The molecule has 7 heteroatoms. The molecular weight excluding hydrogens is 228 g/mol. The molecule has 0 atom stereocenters. The van der Waals surface area contributed by atoms with Crippen LogP contribution in [0.4, 0.5) is 0 Å². The van der Waals surface area contributed by atoms with Crippen molar-refractivity contribution in [2.24, 2.45) is 0 Å². The minimum atomic E-state index is -3.42. The van der Waals surface area contributed by atoms with Crippen molar-refractivity contribution in [3.8, 4) is 0 Å². The van der Waals surface area contributed by atoms with E-state index in [1.807, 2.05) is 7.05 Å². The molecule has 0 aliphatic rings. The number of likely N-dealkylation sites (N-methyl/N-ethyl adjacent to an activating group) is 1. The van der Waals surface area contributed by atoms with Crippen LogP contribution in [0.3, 0.4) is 0 Å². The third kappa shape index (κ3) is 2.42. The first kappa shape index (κ1) is 13.1.